The van der Waals surface area contributed by atoms with E-state index in [9.17, 15) is 0 Å². The zero-order valence-corrected chi connectivity index (χ0v) is 9.68. The first-order valence-electron chi connectivity index (χ1n) is 5.41. The van der Waals surface area contributed by atoms with E-state index in [1.807, 2.05) is 0 Å². The van der Waals surface area contributed by atoms with Gasteiger partial charge in [0.15, 0.2) is 5.13 Å². The molecule has 2 aliphatic rings. The first kappa shape index (κ1) is 9.36. The van der Waals surface area contributed by atoms with Crippen LogP contribution in [-0.2, 0) is 6.42 Å². The number of aryl methyl sites for hydroxylation is 1. The lowest BCUT2D eigenvalue weighted by atomic mass is 9.88. The molecule has 3 rings (SSSR count). The molecule has 0 saturated carbocycles. The average molecular weight is 221 g/mol. The smallest absolute Gasteiger partial charge is 0.180 e. The summed E-state index contributed by atoms with van der Waals surface area (Å²) in [6, 6.07) is 0.577. The lowest BCUT2D eigenvalue weighted by Gasteiger charge is -2.35. The van der Waals surface area contributed by atoms with Gasteiger partial charge in [-0.15, -0.1) is 11.3 Å². The SMILES string of the molecule is CN1CCC=C2c3nc(N)sc3CC[C@H]21. The molecule has 2 N–H and O–H groups in total. The Balaban J connectivity index is 2.08. The van der Waals surface area contributed by atoms with Gasteiger partial charge in [-0.3, -0.25) is 4.90 Å². The number of nitrogen functional groups attached to an aromatic ring is 1. The minimum absolute atomic E-state index is 0.577. The van der Waals surface area contributed by atoms with Gasteiger partial charge in [0.2, 0.25) is 0 Å². The molecule has 0 radical (unpaired) electrons. The molecule has 80 valence electrons. The normalized spacial score (nSPS) is 25.7. The molecule has 0 fully saturated rings. The van der Waals surface area contributed by atoms with Gasteiger partial charge in [-0.2, -0.15) is 0 Å². The number of likely N-dealkylation sites (N-methyl/N-ethyl adjacent to an activating group) is 1. The van der Waals surface area contributed by atoms with Crippen LogP contribution >= 0.6 is 11.3 Å². The fraction of sp³-hybridized carbons (Fsp3) is 0.545. The third-order valence-corrected chi connectivity index (χ3v) is 4.31. The Bertz CT molecular complexity index is 421. The summed E-state index contributed by atoms with van der Waals surface area (Å²) in [5, 5.41) is 0.717. The third kappa shape index (κ3) is 1.40. The molecule has 0 saturated heterocycles. The summed E-state index contributed by atoms with van der Waals surface area (Å²) in [4.78, 5) is 8.29. The van der Waals surface area contributed by atoms with E-state index in [-0.39, 0.29) is 0 Å². The number of anilines is 1. The number of thiazole rings is 1. The molecule has 2 heterocycles. The lowest BCUT2D eigenvalue weighted by molar-refractivity contribution is 0.269. The van der Waals surface area contributed by atoms with Crippen molar-refractivity contribution < 1.29 is 0 Å². The molecule has 1 aromatic heterocycles. The number of fused-ring (bicyclic) bond motifs is 3. The second kappa shape index (κ2) is 3.32. The van der Waals surface area contributed by atoms with Crippen molar-refractivity contribution in [2.45, 2.75) is 25.3 Å². The summed E-state index contributed by atoms with van der Waals surface area (Å²) in [5.74, 6) is 0. The Morgan fingerprint density at radius 1 is 1.60 bits per heavy atom. The summed E-state index contributed by atoms with van der Waals surface area (Å²) in [5.41, 5.74) is 8.38. The monoisotopic (exact) mass is 221 g/mol. The Hall–Kier alpha value is -0.870. The van der Waals surface area contributed by atoms with Crippen LogP contribution < -0.4 is 5.73 Å². The van der Waals surface area contributed by atoms with E-state index in [2.05, 4.69) is 23.0 Å². The molecule has 15 heavy (non-hydrogen) atoms. The van der Waals surface area contributed by atoms with E-state index in [0.29, 0.717) is 6.04 Å². The van der Waals surface area contributed by atoms with E-state index in [4.69, 9.17) is 5.73 Å². The van der Waals surface area contributed by atoms with Crippen LogP contribution in [0.2, 0.25) is 0 Å². The zero-order chi connectivity index (χ0) is 10.4. The van der Waals surface area contributed by atoms with Crippen LogP contribution in [0.1, 0.15) is 23.4 Å². The topological polar surface area (TPSA) is 42.2 Å². The Morgan fingerprint density at radius 2 is 2.47 bits per heavy atom. The predicted octanol–water partition coefficient (Wildman–Crippen LogP) is 1.76. The first-order chi connectivity index (χ1) is 7.25. The molecule has 0 amide bonds. The lowest BCUT2D eigenvalue weighted by Crippen LogP contribution is -2.38. The molecule has 3 nitrogen and oxygen atoms in total. The van der Waals surface area contributed by atoms with Crippen LogP contribution in [0.25, 0.3) is 5.57 Å². The van der Waals surface area contributed by atoms with Gasteiger partial charge in [0.25, 0.3) is 0 Å². The maximum Gasteiger partial charge on any atom is 0.180 e. The highest BCUT2D eigenvalue weighted by Crippen LogP contribution is 2.38. The molecule has 0 bridgehead atoms. The largest absolute Gasteiger partial charge is 0.375 e. The minimum atomic E-state index is 0.577. The molecular formula is C11H15N3S. The predicted molar refractivity (Wildman–Crippen MR) is 63.9 cm³/mol. The number of nitrogens with zero attached hydrogens (tertiary/aromatic N) is 2. The molecule has 1 aliphatic heterocycles. The van der Waals surface area contributed by atoms with Crippen molar-refractivity contribution in [3.63, 3.8) is 0 Å². The van der Waals surface area contributed by atoms with Gasteiger partial charge in [0, 0.05) is 17.5 Å². The number of hydrogen-bond donors (Lipinski definition) is 1. The Morgan fingerprint density at radius 3 is 3.33 bits per heavy atom. The standard InChI is InChI=1S/C11H15N3S/c1-14-6-2-3-7-8(14)4-5-9-10(7)13-11(12)15-9/h3,8H,2,4-6H2,1H3,(H2,12,13)/t8-/m1/s1. The van der Waals surface area contributed by atoms with Crippen molar-refractivity contribution in [1.29, 1.82) is 0 Å². The fourth-order valence-electron chi connectivity index (χ4n) is 2.62. The summed E-state index contributed by atoms with van der Waals surface area (Å²) in [6.45, 7) is 1.17. The van der Waals surface area contributed by atoms with Crippen molar-refractivity contribution >= 4 is 22.0 Å². The molecule has 0 spiro atoms. The van der Waals surface area contributed by atoms with E-state index in [1.165, 1.54) is 29.1 Å². The molecule has 4 heteroatoms. The highest BCUT2D eigenvalue weighted by atomic mass is 32.1. The number of rotatable bonds is 0. The molecule has 1 aliphatic carbocycles. The van der Waals surface area contributed by atoms with Crippen molar-refractivity contribution in [2.75, 3.05) is 19.3 Å². The molecular weight excluding hydrogens is 206 g/mol. The van der Waals surface area contributed by atoms with Gasteiger partial charge in [0.1, 0.15) is 0 Å². The van der Waals surface area contributed by atoms with E-state index in [1.54, 1.807) is 11.3 Å². The molecule has 1 atom stereocenters. The van der Waals surface area contributed by atoms with Gasteiger partial charge >= 0.3 is 0 Å². The van der Waals surface area contributed by atoms with E-state index in [0.717, 1.165) is 18.0 Å². The van der Waals surface area contributed by atoms with Crippen molar-refractivity contribution in [3.05, 3.63) is 16.6 Å². The van der Waals surface area contributed by atoms with Crippen LogP contribution in [0.5, 0.6) is 0 Å². The number of hydrogen-bond acceptors (Lipinski definition) is 4. The molecule has 0 aromatic carbocycles. The molecule has 0 unspecified atom stereocenters. The maximum absolute atomic E-state index is 5.78. The highest BCUT2D eigenvalue weighted by Gasteiger charge is 2.31. The Kier molecular flexibility index (Phi) is 2.07. The summed E-state index contributed by atoms with van der Waals surface area (Å²) in [6.07, 6.45) is 5.84. The zero-order valence-electron chi connectivity index (χ0n) is 8.86. The minimum Gasteiger partial charge on any atom is -0.375 e. The average Bonchev–Trinajstić information content (AvgIpc) is 2.59. The van der Waals surface area contributed by atoms with Gasteiger partial charge in [-0.25, -0.2) is 4.98 Å². The second-order valence-electron chi connectivity index (χ2n) is 4.31. The van der Waals surface area contributed by atoms with Crippen molar-refractivity contribution in [1.82, 2.24) is 9.88 Å². The maximum atomic E-state index is 5.78. The van der Waals surface area contributed by atoms with E-state index < -0.39 is 0 Å². The van der Waals surface area contributed by atoms with Gasteiger partial charge in [-0.1, -0.05) is 6.08 Å². The van der Waals surface area contributed by atoms with Crippen LogP contribution in [-0.4, -0.2) is 29.5 Å². The van der Waals surface area contributed by atoms with Crippen LogP contribution in [0.4, 0.5) is 5.13 Å². The first-order valence-corrected chi connectivity index (χ1v) is 6.23. The fourth-order valence-corrected chi connectivity index (χ4v) is 3.49. The molecule has 1 aromatic rings. The van der Waals surface area contributed by atoms with Crippen molar-refractivity contribution in [2.24, 2.45) is 0 Å². The van der Waals surface area contributed by atoms with Crippen LogP contribution in [0, 0.1) is 0 Å². The van der Waals surface area contributed by atoms with Crippen molar-refractivity contribution in [3.8, 4) is 0 Å². The second-order valence-corrected chi connectivity index (χ2v) is 5.42. The quantitative estimate of drug-likeness (QED) is 0.726. The highest BCUT2D eigenvalue weighted by molar-refractivity contribution is 7.15. The van der Waals surface area contributed by atoms with E-state index >= 15 is 0 Å². The summed E-state index contributed by atoms with van der Waals surface area (Å²) in [7, 11) is 2.21. The Labute approximate surface area is 93.6 Å². The van der Waals surface area contributed by atoms with Gasteiger partial charge in [0.05, 0.1) is 5.69 Å². The number of nitrogens with two attached hydrogens (primary N) is 1. The van der Waals surface area contributed by atoms with Crippen LogP contribution in [0.15, 0.2) is 6.08 Å². The van der Waals surface area contributed by atoms with Crippen LogP contribution in [0.3, 0.4) is 0 Å². The van der Waals surface area contributed by atoms with Gasteiger partial charge in [-0.05, 0) is 31.9 Å². The van der Waals surface area contributed by atoms with Gasteiger partial charge < -0.3 is 5.73 Å². The summed E-state index contributed by atoms with van der Waals surface area (Å²) < 4.78 is 0. The summed E-state index contributed by atoms with van der Waals surface area (Å²) >= 11 is 1.65. The third-order valence-electron chi connectivity index (χ3n) is 3.37. The number of aromatic nitrogens is 1.